The molecule has 2 aliphatic heterocycles. The number of amides is 4. The molecule has 404 valence electrons. The zero-order valence-corrected chi connectivity index (χ0v) is 43.3. The molecule has 0 radical (unpaired) electrons. The molecule has 0 aliphatic carbocycles. The van der Waals surface area contributed by atoms with Gasteiger partial charge in [0.1, 0.15) is 22.7 Å². The van der Waals surface area contributed by atoms with Crippen LogP contribution in [0.3, 0.4) is 0 Å². The Balaban J connectivity index is 1.43. The number of alkyl halides is 6. The van der Waals surface area contributed by atoms with Gasteiger partial charge in [0, 0.05) is 57.3 Å². The average Bonchev–Trinajstić information content (AvgIpc) is 3.87. The fraction of sp³-hybridized carbons (Fsp3) is 0.407. The van der Waals surface area contributed by atoms with Crippen LogP contribution in [0.25, 0.3) is 34.4 Å². The number of likely N-dealkylation sites (tertiary alicyclic amines) is 2. The average molecular weight is 1070 g/mol. The highest BCUT2D eigenvalue weighted by atomic mass is 32.2. The second kappa shape index (κ2) is 23.5. The number of nitrogens with zero attached hydrogens (tertiary/aromatic N) is 2. The van der Waals surface area contributed by atoms with Gasteiger partial charge in [-0.15, -0.1) is 0 Å². The van der Waals surface area contributed by atoms with E-state index in [-0.39, 0.29) is 84.9 Å². The molecule has 0 spiro atoms. The van der Waals surface area contributed by atoms with E-state index >= 15 is 26.3 Å². The Labute approximate surface area is 435 Å². The Hall–Kier alpha value is -6.71. The molecule has 75 heavy (non-hydrogen) atoms. The second-order valence-corrected chi connectivity index (χ2v) is 20.6. The Bertz CT molecular complexity index is 2620. The van der Waals surface area contributed by atoms with E-state index in [0.29, 0.717) is 0 Å². The lowest BCUT2D eigenvalue weighted by molar-refractivity contribution is -0.139. The first kappa shape index (κ1) is 57.6. The van der Waals surface area contributed by atoms with Crippen LogP contribution in [0.4, 0.5) is 35.9 Å². The molecule has 0 bridgehead atoms. The summed E-state index contributed by atoms with van der Waals surface area (Å²) < 4.78 is 118. The maximum atomic E-state index is 15.9. The van der Waals surface area contributed by atoms with E-state index in [1.54, 1.807) is 55.4 Å². The monoisotopic (exact) mass is 1070 g/mol. The molecule has 6 rings (SSSR count). The maximum absolute atomic E-state index is 15.9. The summed E-state index contributed by atoms with van der Waals surface area (Å²) in [6, 6.07) is 14.1. The third-order valence-corrected chi connectivity index (χ3v) is 12.6. The quantitative estimate of drug-likeness (QED) is 0.0699. The minimum atomic E-state index is -5.24. The molecule has 0 aromatic heterocycles. The van der Waals surface area contributed by atoms with Gasteiger partial charge in [0.25, 0.3) is 0 Å². The van der Waals surface area contributed by atoms with Crippen LogP contribution in [-0.2, 0) is 31.4 Å². The Kier molecular flexibility index (Phi) is 18.0. The molecule has 0 saturated carbocycles. The summed E-state index contributed by atoms with van der Waals surface area (Å²) in [5.41, 5.74) is -5.89. The van der Waals surface area contributed by atoms with Crippen molar-refractivity contribution in [2.24, 2.45) is 0 Å². The zero-order valence-electron chi connectivity index (χ0n) is 42.5. The summed E-state index contributed by atoms with van der Waals surface area (Å²) in [5.74, 6) is -1.64. The number of benzene rings is 4. The molecule has 4 atom stereocenters. The van der Waals surface area contributed by atoms with Gasteiger partial charge in [0.05, 0.1) is 61.7 Å². The highest BCUT2D eigenvalue weighted by Crippen LogP contribution is 2.53. The minimum Gasteiger partial charge on any atom is -0.493 e. The van der Waals surface area contributed by atoms with Crippen LogP contribution >= 0.6 is 11.8 Å². The smallest absolute Gasteiger partial charge is 0.418 e. The van der Waals surface area contributed by atoms with Gasteiger partial charge in [-0.1, -0.05) is 60.3 Å². The van der Waals surface area contributed by atoms with Crippen molar-refractivity contribution >= 4 is 47.9 Å². The molecule has 21 heteroatoms. The van der Waals surface area contributed by atoms with Gasteiger partial charge in [-0.25, -0.2) is 9.59 Å². The molecule has 2 heterocycles. The molecule has 2 saturated heterocycles. The van der Waals surface area contributed by atoms with Crippen molar-refractivity contribution in [2.45, 2.75) is 113 Å². The number of β-amino-alcohol motifs (C(OH)–C–C–N with tert-alkyl or cyclic N) is 2. The Morgan fingerprint density at radius 1 is 0.587 bits per heavy atom. The van der Waals surface area contributed by atoms with Crippen LogP contribution in [0.5, 0.6) is 11.5 Å². The van der Waals surface area contributed by atoms with Crippen LogP contribution < -0.4 is 20.1 Å². The summed E-state index contributed by atoms with van der Waals surface area (Å²) in [6.07, 6.45) is -10.2. The summed E-state index contributed by atoms with van der Waals surface area (Å²) in [5, 5.41) is 26.6. The van der Waals surface area contributed by atoms with Crippen LogP contribution in [0, 0.1) is 0 Å². The molecular weight excluding hydrogens is 1010 g/mol. The Morgan fingerprint density at radius 2 is 0.947 bits per heavy atom. The molecule has 2 fully saturated rings. The largest absolute Gasteiger partial charge is 0.493 e. The number of carbonyl (C=O) groups is 4. The van der Waals surface area contributed by atoms with Gasteiger partial charge in [0.15, 0.2) is 0 Å². The molecular formula is C54H60F6N4O10S. The fourth-order valence-corrected chi connectivity index (χ4v) is 9.57. The lowest BCUT2D eigenvalue weighted by atomic mass is 9.92. The van der Waals surface area contributed by atoms with Gasteiger partial charge >= 0.3 is 24.5 Å². The summed E-state index contributed by atoms with van der Waals surface area (Å²) in [6.45, 7) is 12.7. The third-order valence-electron chi connectivity index (χ3n) is 11.5. The first-order valence-electron chi connectivity index (χ1n) is 24.0. The van der Waals surface area contributed by atoms with Gasteiger partial charge in [-0.05, 0) is 103 Å². The number of aliphatic hydroxyl groups is 2. The van der Waals surface area contributed by atoms with Crippen LogP contribution in [0.2, 0.25) is 0 Å². The highest BCUT2D eigenvalue weighted by molar-refractivity contribution is 7.99. The van der Waals surface area contributed by atoms with E-state index < -0.39 is 104 Å². The summed E-state index contributed by atoms with van der Waals surface area (Å²) in [4.78, 5) is 53.3. The fourth-order valence-electron chi connectivity index (χ4n) is 8.42. The summed E-state index contributed by atoms with van der Waals surface area (Å²) in [7, 11) is 0. The predicted molar refractivity (Wildman–Crippen MR) is 270 cm³/mol. The number of aliphatic hydroxyl groups excluding tert-OH is 2. The standard InChI is InChI=1S/C54H60F6N4O10S/c1-9-71-39-17-13-11-15-33(39)45-31(21-25-43(67)61-35-27-63(29-37(35)65)49(69)73-51(3,4)5)19-23-41(47(45)53(55,56)57)75-42-24-20-32(46(48(42)54(58,59)60)34-16-12-14-18-40(34)72-10-2)22-26-44(68)62-36-28-64(30-38(36)66)50(70)74-52(6,7)8/h11-26,35-38,65-66H,9-10,27-30H2,1-8H3,(H,61,67)(H,62,68)/b25-21+,26-22+. The summed E-state index contributed by atoms with van der Waals surface area (Å²) >= 11 is 0.203. The minimum absolute atomic E-state index is 0.0110. The molecule has 4 N–H and O–H groups in total. The second-order valence-electron chi connectivity index (χ2n) is 19.6. The van der Waals surface area contributed by atoms with Crippen LogP contribution in [-0.4, -0.2) is 119 Å². The molecule has 14 nitrogen and oxygen atoms in total. The molecule has 2 aliphatic rings. The SMILES string of the molecule is CCOc1ccccc1-c1c(/C=C/C(=O)NC2CN(C(=O)OC(C)(C)C)CC2O)ccc(Sc2ccc(/C=C/C(=O)NC3CN(C(=O)OC(C)(C)C)CC3O)c(-c3ccccc3OCC)c2C(F)(F)F)c1C(F)(F)F. The molecule has 4 aromatic carbocycles. The normalized spacial score (nSPS) is 18.4. The van der Waals surface area contributed by atoms with Gasteiger partial charge in [-0.2, -0.15) is 26.3 Å². The van der Waals surface area contributed by atoms with E-state index in [1.165, 1.54) is 70.5 Å². The van der Waals surface area contributed by atoms with Crippen molar-refractivity contribution in [3.63, 3.8) is 0 Å². The topological polar surface area (TPSA) is 176 Å². The number of nitrogens with one attached hydrogen (secondary N) is 2. The number of ether oxygens (including phenoxy) is 4. The van der Waals surface area contributed by atoms with Crippen molar-refractivity contribution in [1.82, 2.24) is 20.4 Å². The maximum Gasteiger partial charge on any atom is 0.418 e. The van der Waals surface area contributed by atoms with E-state index in [9.17, 15) is 29.4 Å². The predicted octanol–water partition coefficient (Wildman–Crippen LogP) is 10.2. The van der Waals surface area contributed by atoms with E-state index in [2.05, 4.69) is 10.6 Å². The third kappa shape index (κ3) is 14.8. The van der Waals surface area contributed by atoms with Crippen molar-refractivity contribution in [3.05, 3.63) is 107 Å². The number of hydrogen-bond donors (Lipinski definition) is 4. The molecule has 4 aromatic rings. The van der Waals surface area contributed by atoms with Crippen molar-refractivity contribution in [1.29, 1.82) is 0 Å². The van der Waals surface area contributed by atoms with Crippen molar-refractivity contribution in [3.8, 4) is 33.8 Å². The van der Waals surface area contributed by atoms with Gasteiger partial charge < -0.3 is 49.6 Å². The first-order chi connectivity index (χ1) is 35.1. The lowest BCUT2D eigenvalue weighted by Crippen LogP contribution is -2.42. The zero-order chi connectivity index (χ0) is 55.2. The van der Waals surface area contributed by atoms with E-state index in [0.717, 1.165) is 36.4 Å². The van der Waals surface area contributed by atoms with Crippen LogP contribution in [0.15, 0.2) is 94.7 Å². The Morgan fingerprint density at radius 3 is 1.28 bits per heavy atom. The number of halogens is 6. The number of hydrogen-bond acceptors (Lipinski definition) is 11. The van der Waals surface area contributed by atoms with Crippen molar-refractivity contribution in [2.75, 3.05) is 39.4 Å². The van der Waals surface area contributed by atoms with Gasteiger partial charge in [0.2, 0.25) is 11.8 Å². The molecule has 4 unspecified atom stereocenters. The number of rotatable bonds is 14. The van der Waals surface area contributed by atoms with Crippen molar-refractivity contribution < 1.29 is 74.7 Å². The molecule has 4 amide bonds. The number of carbonyl (C=O) groups excluding carboxylic acids is 4. The first-order valence-corrected chi connectivity index (χ1v) is 24.8. The lowest BCUT2D eigenvalue weighted by Gasteiger charge is -2.24. The van der Waals surface area contributed by atoms with Crippen LogP contribution in [0.1, 0.15) is 77.6 Å². The number of para-hydroxylation sites is 2. The van der Waals surface area contributed by atoms with E-state index in [1.807, 2.05) is 0 Å². The highest BCUT2D eigenvalue weighted by Gasteiger charge is 2.43. The van der Waals surface area contributed by atoms with Gasteiger partial charge in [-0.3, -0.25) is 9.59 Å². The van der Waals surface area contributed by atoms with E-state index in [4.69, 9.17) is 18.9 Å².